The van der Waals surface area contributed by atoms with E-state index in [0.717, 1.165) is 31.0 Å². The van der Waals surface area contributed by atoms with E-state index < -0.39 is 6.61 Å². The Balaban J connectivity index is 0.00000288. The fraction of sp³-hybridized carbons (Fsp3) is 0.588. The third kappa shape index (κ3) is 7.63. The zero-order valence-corrected chi connectivity index (χ0v) is 16.5. The molecule has 0 saturated heterocycles. The van der Waals surface area contributed by atoms with Gasteiger partial charge in [-0.05, 0) is 32.3 Å². The lowest BCUT2D eigenvalue weighted by Crippen LogP contribution is -2.37. The van der Waals surface area contributed by atoms with Gasteiger partial charge in [0, 0.05) is 18.7 Å². The van der Waals surface area contributed by atoms with Crippen LogP contribution in [0.15, 0.2) is 23.2 Å². The van der Waals surface area contributed by atoms with Crippen molar-refractivity contribution in [2.75, 3.05) is 13.1 Å². The van der Waals surface area contributed by atoms with Gasteiger partial charge in [-0.25, -0.2) is 4.99 Å². The van der Waals surface area contributed by atoms with Crippen molar-refractivity contribution in [1.29, 1.82) is 0 Å². The van der Waals surface area contributed by atoms with Gasteiger partial charge in [0.15, 0.2) is 5.96 Å². The monoisotopic (exact) mass is 453 g/mol. The minimum atomic E-state index is -2.83. The number of guanidine groups is 1. The third-order valence-electron chi connectivity index (χ3n) is 3.73. The van der Waals surface area contributed by atoms with Gasteiger partial charge in [0.25, 0.3) is 0 Å². The first-order chi connectivity index (χ1) is 11.1. The lowest BCUT2D eigenvalue weighted by Gasteiger charge is -2.13. The molecule has 1 aromatic rings. The predicted molar refractivity (Wildman–Crippen MR) is 103 cm³/mol. The molecule has 0 radical (unpaired) electrons. The summed E-state index contributed by atoms with van der Waals surface area (Å²) < 4.78 is 29.5. The van der Waals surface area contributed by atoms with Crippen LogP contribution in [-0.4, -0.2) is 25.7 Å². The number of hydrogen-bond acceptors (Lipinski definition) is 2. The van der Waals surface area contributed by atoms with Crippen molar-refractivity contribution in [1.82, 2.24) is 10.6 Å². The molecule has 1 aliphatic rings. The van der Waals surface area contributed by atoms with Crippen molar-refractivity contribution in [3.63, 3.8) is 0 Å². The summed E-state index contributed by atoms with van der Waals surface area (Å²) in [7, 11) is 0. The first-order valence-corrected chi connectivity index (χ1v) is 8.15. The number of aliphatic imine (C=N–C) groups is 1. The molecule has 0 heterocycles. The molecular weight excluding hydrogens is 427 g/mol. The molecule has 2 N–H and O–H groups in total. The second-order valence-corrected chi connectivity index (χ2v) is 5.84. The van der Waals surface area contributed by atoms with Crippen molar-refractivity contribution in [3.05, 3.63) is 29.3 Å². The number of nitrogens with one attached hydrogen (secondary N) is 2. The molecule has 0 bridgehead atoms. The van der Waals surface area contributed by atoms with Gasteiger partial charge in [-0.3, -0.25) is 0 Å². The molecule has 0 atom stereocenters. The number of ether oxygens (including phenoxy) is 1. The van der Waals surface area contributed by atoms with Gasteiger partial charge in [-0.15, -0.1) is 24.0 Å². The van der Waals surface area contributed by atoms with Crippen LogP contribution in [0.25, 0.3) is 0 Å². The van der Waals surface area contributed by atoms with Crippen LogP contribution in [0.5, 0.6) is 5.75 Å². The van der Waals surface area contributed by atoms with Crippen molar-refractivity contribution in [2.45, 2.75) is 46.3 Å². The van der Waals surface area contributed by atoms with Crippen molar-refractivity contribution >= 4 is 29.9 Å². The maximum absolute atomic E-state index is 12.5. The highest BCUT2D eigenvalue weighted by Crippen LogP contribution is 2.31. The summed E-state index contributed by atoms with van der Waals surface area (Å²) in [6.45, 7) is 3.01. The smallest absolute Gasteiger partial charge is 0.387 e. The molecule has 0 spiro atoms. The van der Waals surface area contributed by atoms with E-state index in [0.29, 0.717) is 18.1 Å². The van der Waals surface area contributed by atoms with Crippen LogP contribution in [0.4, 0.5) is 8.78 Å². The third-order valence-corrected chi connectivity index (χ3v) is 3.73. The van der Waals surface area contributed by atoms with Gasteiger partial charge in [0.2, 0.25) is 0 Å². The van der Waals surface area contributed by atoms with Crippen LogP contribution >= 0.6 is 24.0 Å². The second-order valence-electron chi connectivity index (χ2n) is 5.84. The Bertz CT molecular complexity index is 537. The fourth-order valence-electron chi connectivity index (χ4n) is 2.35. The van der Waals surface area contributed by atoms with E-state index in [-0.39, 0.29) is 29.7 Å². The summed E-state index contributed by atoms with van der Waals surface area (Å²) in [6, 6.07) is 5.15. The van der Waals surface area contributed by atoms with Gasteiger partial charge in [-0.1, -0.05) is 30.5 Å². The Kier molecular flexibility index (Phi) is 9.31. The Morgan fingerprint density at radius 3 is 2.71 bits per heavy atom. The second kappa shape index (κ2) is 10.7. The summed E-state index contributed by atoms with van der Waals surface area (Å²) >= 11 is 0. The maximum atomic E-state index is 12.5. The maximum Gasteiger partial charge on any atom is 0.387 e. The van der Waals surface area contributed by atoms with Gasteiger partial charge in [0.1, 0.15) is 5.75 Å². The molecule has 1 fully saturated rings. The number of benzene rings is 1. The molecule has 1 aromatic carbocycles. The van der Waals surface area contributed by atoms with Crippen LogP contribution in [0, 0.1) is 12.8 Å². The van der Waals surface area contributed by atoms with Crippen LogP contribution < -0.4 is 15.4 Å². The molecule has 0 unspecified atom stereocenters. The lowest BCUT2D eigenvalue weighted by molar-refractivity contribution is -0.0504. The highest BCUT2D eigenvalue weighted by Gasteiger charge is 2.20. The van der Waals surface area contributed by atoms with Crippen LogP contribution in [0.1, 0.15) is 37.3 Å². The van der Waals surface area contributed by atoms with E-state index in [9.17, 15) is 8.78 Å². The summed E-state index contributed by atoms with van der Waals surface area (Å²) in [5.74, 6) is 1.74. The van der Waals surface area contributed by atoms with Gasteiger partial charge < -0.3 is 15.4 Å². The predicted octanol–water partition coefficient (Wildman–Crippen LogP) is 4.07. The molecule has 24 heavy (non-hydrogen) atoms. The zero-order valence-electron chi connectivity index (χ0n) is 14.1. The molecule has 4 nitrogen and oxygen atoms in total. The summed E-state index contributed by atoms with van der Waals surface area (Å²) in [5.41, 5.74) is 1.65. The number of nitrogens with zero attached hydrogens (tertiary/aromatic N) is 1. The van der Waals surface area contributed by atoms with Crippen molar-refractivity contribution < 1.29 is 13.5 Å². The minimum absolute atomic E-state index is 0. The molecule has 136 valence electrons. The average Bonchev–Trinajstić information content (AvgIpc) is 3.31. The van der Waals surface area contributed by atoms with Crippen molar-refractivity contribution in [2.24, 2.45) is 10.9 Å². The van der Waals surface area contributed by atoms with E-state index in [1.807, 2.05) is 19.9 Å². The Morgan fingerprint density at radius 2 is 2.08 bits per heavy atom. The number of alkyl halides is 2. The minimum Gasteiger partial charge on any atom is -0.434 e. The Labute approximate surface area is 159 Å². The van der Waals surface area contributed by atoms with E-state index >= 15 is 0 Å². The molecule has 1 aliphatic carbocycles. The van der Waals surface area contributed by atoms with Gasteiger partial charge in [-0.2, -0.15) is 8.78 Å². The van der Waals surface area contributed by atoms with Gasteiger partial charge >= 0.3 is 6.61 Å². The summed E-state index contributed by atoms with van der Waals surface area (Å²) in [4.78, 5) is 4.48. The van der Waals surface area contributed by atoms with E-state index in [1.165, 1.54) is 12.8 Å². The first kappa shape index (κ1) is 20.9. The lowest BCUT2D eigenvalue weighted by atomic mass is 10.1. The highest BCUT2D eigenvalue weighted by molar-refractivity contribution is 14.0. The highest BCUT2D eigenvalue weighted by atomic mass is 127. The quantitative estimate of drug-likeness (QED) is 0.355. The normalized spacial score (nSPS) is 14.3. The number of hydrogen-bond donors (Lipinski definition) is 2. The number of rotatable bonds is 8. The molecule has 0 aliphatic heterocycles. The summed E-state index contributed by atoms with van der Waals surface area (Å²) in [6.07, 6.45) is 3.80. The SMILES string of the molecule is CCNC(=NCc1cc(C)ccc1OC(F)F)NCCC1CC1.I. The zero-order chi connectivity index (χ0) is 16.7. The molecule has 0 aromatic heterocycles. The van der Waals surface area contributed by atoms with Crippen LogP contribution in [0.2, 0.25) is 0 Å². The standard InChI is InChI=1S/C17H25F2N3O.HI/c1-3-20-17(21-9-8-13-5-6-13)22-11-14-10-12(2)4-7-15(14)23-16(18)19;/h4,7,10,13,16H,3,5-6,8-9,11H2,1-2H3,(H2,20,21,22);1H. The molecule has 1 saturated carbocycles. The van der Waals surface area contributed by atoms with Crippen LogP contribution in [0.3, 0.4) is 0 Å². The fourth-order valence-corrected chi connectivity index (χ4v) is 2.35. The van der Waals surface area contributed by atoms with Crippen LogP contribution in [-0.2, 0) is 6.54 Å². The first-order valence-electron chi connectivity index (χ1n) is 8.15. The molecule has 7 heteroatoms. The average molecular weight is 453 g/mol. The summed E-state index contributed by atoms with van der Waals surface area (Å²) in [5, 5.41) is 6.46. The van der Waals surface area contributed by atoms with E-state index in [2.05, 4.69) is 20.4 Å². The molecule has 0 amide bonds. The Morgan fingerprint density at radius 1 is 1.33 bits per heavy atom. The van der Waals surface area contributed by atoms with Gasteiger partial charge in [0.05, 0.1) is 6.54 Å². The Hall–Kier alpha value is -1.12. The number of halogens is 3. The topological polar surface area (TPSA) is 45.7 Å². The van der Waals surface area contributed by atoms with E-state index in [1.54, 1.807) is 12.1 Å². The van der Waals surface area contributed by atoms with Crippen molar-refractivity contribution in [3.8, 4) is 5.75 Å². The van der Waals surface area contributed by atoms with E-state index in [4.69, 9.17) is 0 Å². The number of aryl methyl sites for hydroxylation is 1. The molecule has 2 rings (SSSR count). The largest absolute Gasteiger partial charge is 0.434 e. The molecular formula is C17H26F2IN3O.